The summed E-state index contributed by atoms with van der Waals surface area (Å²) in [5.74, 6) is -1.20. The molecule has 0 aromatic heterocycles. The van der Waals surface area contributed by atoms with Crippen molar-refractivity contribution in [1.82, 2.24) is 0 Å². The van der Waals surface area contributed by atoms with Crippen LogP contribution in [0.5, 0.6) is 0 Å². The van der Waals surface area contributed by atoms with Crippen molar-refractivity contribution in [3.63, 3.8) is 0 Å². The second kappa shape index (κ2) is 5.43. The lowest BCUT2D eigenvalue weighted by Crippen LogP contribution is -2.38. The molecular weight excluding hydrogens is 257 g/mol. The molecule has 0 spiro atoms. The Morgan fingerprint density at radius 2 is 1.90 bits per heavy atom. The van der Waals surface area contributed by atoms with Gasteiger partial charge in [0.05, 0.1) is 5.56 Å². The first-order valence-corrected chi connectivity index (χ1v) is 7.07. The van der Waals surface area contributed by atoms with Gasteiger partial charge in [-0.15, -0.1) is 0 Å². The Bertz CT molecular complexity index is 500. The maximum atomic E-state index is 13.7. The maximum absolute atomic E-state index is 13.7. The molecule has 1 aliphatic rings. The minimum absolute atomic E-state index is 0.265. The van der Waals surface area contributed by atoms with E-state index in [1.807, 2.05) is 0 Å². The van der Waals surface area contributed by atoms with Gasteiger partial charge in [0.15, 0.2) is 0 Å². The smallest absolute Gasteiger partial charge is 0.338 e. The molecule has 1 aromatic rings. The monoisotopic (exact) mass is 279 g/mol. The second-order valence-electron chi connectivity index (χ2n) is 6.60. The van der Waals surface area contributed by atoms with E-state index in [4.69, 9.17) is 5.11 Å². The van der Waals surface area contributed by atoms with Crippen molar-refractivity contribution in [1.29, 1.82) is 0 Å². The average molecular weight is 279 g/mol. The summed E-state index contributed by atoms with van der Waals surface area (Å²) in [7, 11) is 0. The number of hydrogen-bond donors (Lipinski definition) is 1. The van der Waals surface area contributed by atoms with E-state index in [1.54, 1.807) is 6.07 Å². The molecule has 1 aliphatic heterocycles. The first-order chi connectivity index (χ1) is 9.29. The number of carboxylic acid groups (broad SMARTS) is 1. The van der Waals surface area contributed by atoms with Crippen molar-refractivity contribution in [2.75, 3.05) is 18.0 Å². The van der Waals surface area contributed by atoms with Gasteiger partial charge in [-0.2, -0.15) is 0 Å². The van der Waals surface area contributed by atoms with Crippen molar-refractivity contribution in [2.45, 2.75) is 33.6 Å². The zero-order valence-corrected chi connectivity index (χ0v) is 12.3. The summed E-state index contributed by atoms with van der Waals surface area (Å²) >= 11 is 0. The predicted octanol–water partition coefficient (Wildman–Crippen LogP) is 3.79. The Hall–Kier alpha value is -1.58. The zero-order valence-electron chi connectivity index (χ0n) is 12.3. The third kappa shape index (κ3) is 3.11. The van der Waals surface area contributed by atoms with Crippen LogP contribution in [-0.2, 0) is 0 Å². The molecule has 0 radical (unpaired) electrons. The highest BCUT2D eigenvalue weighted by atomic mass is 19.1. The van der Waals surface area contributed by atoms with Gasteiger partial charge < -0.3 is 10.0 Å². The molecule has 0 amide bonds. The molecule has 0 atom stereocenters. The number of carboxylic acids is 1. The molecule has 1 saturated heterocycles. The zero-order chi connectivity index (χ0) is 14.9. The third-order valence-electron chi connectivity index (χ3n) is 4.27. The van der Waals surface area contributed by atoms with Crippen LogP contribution in [0.1, 0.15) is 44.0 Å². The number of hydrogen-bond acceptors (Lipinski definition) is 2. The Kier molecular flexibility index (Phi) is 4.02. The lowest BCUT2D eigenvalue weighted by Gasteiger charge is -2.39. The van der Waals surface area contributed by atoms with E-state index in [9.17, 15) is 9.18 Å². The molecule has 1 heterocycles. The molecule has 1 fully saturated rings. The summed E-state index contributed by atoms with van der Waals surface area (Å²) in [6, 6.07) is 4.38. The van der Waals surface area contributed by atoms with Crippen molar-refractivity contribution in [2.24, 2.45) is 11.3 Å². The van der Waals surface area contributed by atoms with Crippen molar-refractivity contribution in [3.05, 3.63) is 29.6 Å². The molecule has 0 aliphatic carbocycles. The van der Waals surface area contributed by atoms with E-state index in [0.717, 1.165) is 31.6 Å². The van der Waals surface area contributed by atoms with E-state index in [1.165, 1.54) is 12.1 Å². The number of carbonyl (C=O) groups is 1. The van der Waals surface area contributed by atoms with Crippen LogP contribution in [0.4, 0.5) is 10.1 Å². The lowest BCUT2D eigenvalue weighted by molar-refractivity contribution is 0.0692. The summed E-state index contributed by atoms with van der Waals surface area (Å²) in [5, 5.41) is 8.84. The number of benzene rings is 1. The number of nitrogens with zero attached hydrogens (tertiary/aromatic N) is 1. The van der Waals surface area contributed by atoms with Gasteiger partial charge in [-0.25, -0.2) is 9.18 Å². The maximum Gasteiger partial charge on any atom is 0.338 e. The van der Waals surface area contributed by atoms with E-state index in [2.05, 4.69) is 25.7 Å². The van der Waals surface area contributed by atoms with Gasteiger partial charge in [-0.05, 0) is 42.4 Å². The van der Waals surface area contributed by atoms with Gasteiger partial charge >= 0.3 is 5.97 Å². The summed E-state index contributed by atoms with van der Waals surface area (Å²) in [4.78, 5) is 12.9. The van der Waals surface area contributed by atoms with E-state index in [-0.39, 0.29) is 5.56 Å². The van der Waals surface area contributed by atoms with Crippen molar-refractivity contribution in [3.8, 4) is 0 Å². The first kappa shape index (κ1) is 14.8. The highest BCUT2D eigenvalue weighted by molar-refractivity contribution is 5.88. The minimum atomic E-state index is -1.22. The Labute approximate surface area is 119 Å². The summed E-state index contributed by atoms with van der Waals surface area (Å²) in [6.07, 6.45) is 2.18. The van der Waals surface area contributed by atoms with Gasteiger partial charge in [0.25, 0.3) is 0 Å². The van der Waals surface area contributed by atoms with Gasteiger partial charge in [-0.3, -0.25) is 0 Å². The molecule has 20 heavy (non-hydrogen) atoms. The number of aromatic carboxylic acids is 1. The lowest BCUT2D eigenvalue weighted by atomic mass is 9.75. The fourth-order valence-corrected chi connectivity index (χ4v) is 2.88. The third-order valence-corrected chi connectivity index (χ3v) is 4.27. The van der Waals surface area contributed by atoms with Crippen LogP contribution in [0.3, 0.4) is 0 Å². The van der Waals surface area contributed by atoms with Crippen molar-refractivity contribution >= 4 is 11.7 Å². The van der Waals surface area contributed by atoms with Crippen LogP contribution >= 0.6 is 0 Å². The average Bonchev–Trinajstić information content (AvgIpc) is 2.37. The Morgan fingerprint density at radius 3 is 2.35 bits per heavy atom. The first-order valence-electron chi connectivity index (χ1n) is 7.07. The van der Waals surface area contributed by atoms with Crippen LogP contribution in [0.15, 0.2) is 18.2 Å². The predicted molar refractivity (Wildman–Crippen MR) is 77.8 cm³/mol. The minimum Gasteiger partial charge on any atom is -0.478 e. The number of halogens is 1. The quantitative estimate of drug-likeness (QED) is 0.895. The molecule has 0 saturated carbocycles. The molecule has 2 rings (SSSR count). The Balaban J connectivity index is 2.08. The molecular formula is C16H22FNO2. The van der Waals surface area contributed by atoms with E-state index < -0.39 is 11.8 Å². The van der Waals surface area contributed by atoms with Crippen LogP contribution in [-0.4, -0.2) is 24.2 Å². The number of rotatable bonds is 2. The van der Waals surface area contributed by atoms with Gasteiger partial charge in [0.2, 0.25) is 0 Å². The molecule has 4 heteroatoms. The van der Waals surface area contributed by atoms with Gasteiger partial charge in [0, 0.05) is 18.8 Å². The number of anilines is 1. The molecule has 0 bridgehead atoms. The summed E-state index contributed by atoms with van der Waals surface area (Å²) in [6.45, 7) is 8.57. The molecule has 110 valence electrons. The second-order valence-corrected chi connectivity index (χ2v) is 6.60. The normalized spacial score (nSPS) is 17.3. The largest absolute Gasteiger partial charge is 0.478 e. The standard InChI is InChI=1S/C16H22FNO2/c1-16(2,3)11-6-8-18(9-7-11)12-4-5-13(15(19)20)14(17)10-12/h4-5,10-11H,6-9H2,1-3H3,(H,19,20). The van der Waals surface area contributed by atoms with Crippen LogP contribution < -0.4 is 4.90 Å². The summed E-state index contributed by atoms with van der Waals surface area (Å²) in [5.41, 5.74) is 0.822. The van der Waals surface area contributed by atoms with Crippen molar-refractivity contribution < 1.29 is 14.3 Å². The van der Waals surface area contributed by atoms with E-state index in [0.29, 0.717) is 11.3 Å². The fourth-order valence-electron chi connectivity index (χ4n) is 2.88. The molecule has 3 nitrogen and oxygen atoms in total. The topological polar surface area (TPSA) is 40.5 Å². The highest BCUT2D eigenvalue weighted by Crippen LogP contribution is 2.35. The SMILES string of the molecule is CC(C)(C)C1CCN(c2ccc(C(=O)O)c(F)c2)CC1. The molecule has 1 N–H and O–H groups in total. The van der Waals surface area contributed by atoms with Gasteiger partial charge in [-0.1, -0.05) is 20.8 Å². The molecule has 1 aromatic carbocycles. The van der Waals surface area contributed by atoms with Crippen LogP contribution in [0.2, 0.25) is 0 Å². The fraction of sp³-hybridized carbons (Fsp3) is 0.562. The summed E-state index contributed by atoms with van der Waals surface area (Å²) < 4.78 is 13.7. The number of piperidine rings is 1. The Morgan fingerprint density at radius 1 is 1.30 bits per heavy atom. The van der Waals surface area contributed by atoms with E-state index >= 15 is 0 Å². The molecule has 0 unspecified atom stereocenters. The van der Waals surface area contributed by atoms with Gasteiger partial charge in [0.1, 0.15) is 5.82 Å². The van der Waals surface area contributed by atoms with Crippen LogP contribution in [0.25, 0.3) is 0 Å². The van der Waals surface area contributed by atoms with Crippen LogP contribution in [0, 0.1) is 17.2 Å². The highest BCUT2D eigenvalue weighted by Gasteiger charge is 2.29.